The molecule has 1 aromatic carbocycles. The molecule has 2 fully saturated rings. The number of anilines is 5. The van der Waals surface area contributed by atoms with Gasteiger partial charge < -0.3 is 34.5 Å². The lowest BCUT2D eigenvalue weighted by Crippen LogP contribution is -2.59. The van der Waals surface area contributed by atoms with Crippen LogP contribution >= 0.6 is 0 Å². The van der Waals surface area contributed by atoms with Gasteiger partial charge in [-0.1, -0.05) is 20.4 Å². The third kappa shape index (κ3) is 6.60. The Hall–Kier alpha value is -5.03. The third-order valence-corrected chi connectivity index (χ3v) is 13.0. The molecule has 6 heterocycles. The molecule has 4 aliphatic rings. The molecule has 290 valence electrons. The largest absolute Gasteiger partial charge is 0.392 e. The van der Waals surface area contributed by atoms with Crippen LogP contribution in [-0.2, 0) is 52.6 Å². The molecule has 4 aromatic rings. The number of benzene rings is 1. The molecule has 1 amide bonds. The number of aliphatic hydroxyl groups is 1. The van der Waals surface area contributed by atoms with Gasteiger partial charge in [-0.3, -0.25) is 14.5 Å². The Morgan fingerprint density at radius 3 is 2.64 bits per heavy atom. The summed E-state index contributed by atoms with van der Waals surface area (Å²) in [4.78, 5) is 40.0. The van der Waals surface area contributed by atoms with E-state index in [2.05, 4.69) is 52.8 Å². The lowest BCUT2D eigenvalue weighted by molar-refractivity contribution is -0.111. The number of aromatic nitrogens is 4. The Balaban J connectivity index is 1.10. The van der Waals surface area contributed by atoms with Crippen molar-refractivity contribution >= 4 is 44.6 Å². The smallest absolute Gasteiger partial charge is 0.293 e. The van der Waals surface area contributed by atoms with E-state index in [-0.39, 0.29) is 46.1 Å². The van der Waals surface area contributed by atoms with Crippen LogP contribution < -0.4 is 25.4 Å². The van der Waals surface area contributed by atoms with Crippen molar-refractivity contribution in [2.45, 2.75) is 63.9 Å². The molecular formula is C39H47N9O6S. The van der Waals surface area contributed by atoms with Gasteiger partial charge in [0.15, 0.2) is 10.8 Å². The number of sulfonamides is 1. The lowest BCUT2D eigenvalue weighted by atomic mass is 9.90. The number of hydrogen-bond donors (Lipinski definition) is 3. The highest BCUT2D eigenvalue weighted by molar-refractivity contribution is 7.92. The van der Waals surface area contributed by atoms with E-state index < -0.39 is 22.2 Å². The van der Waals surface area contributed by atoms with Crippen LogP contribution in [0.15, 0.2) is 65.2 Å². The van der Waals surface area contributed by atoms with Crippen molar-refractivity contribution in [1.82, 2.24) is 24.0 Å². The molecule has 1 unspecified atom stereocenters. The number of ether oxygens (including phenoxy) is 1. The molecule has 0 saturated carbocycles. The average molecular weight is 770 g/mol. The number of carbonyl (C=O) groups excluding carboxylic acids is 1. The van der Waals surface area contributed by atoms with E-state index in [1.54, 1.807) is 31.4 Å². The number of fused-ring (bicyclic) bond motifs is 3. The summed E-state index contributed by atoms with van der Waals surface area (Å²) in [6.45, 7) is 14.2. The number of amides is 1. The highest BCUT2D eigenvalue weighted by Gasteiger charge is 2.41. The highest BCUT2D eigenvalue weighted by Crippen LogP contribution is 2.42. The number of aryl methyl sites for hydroxylation is 1. The Bertz CT molecular complexity index is 2370. The fourth-order valence-electron chi connectivity index (χ4n) is 8.42. The lowest BCUT2D eigenvalue weighted by Gasteiger charge is -2.46. The topological polar surface area (TPSA) is 167 Å². The van der Waals surface area contributed by atoms with Crippen molar-refractivity contribution in [3.63, 3.8) is 0 Å². The molecule has 0 radical (unpaired) electrons. The Labute approximate surface area is 320 Å². The summed E-state index contributed by atoms with van der Waals surface area (Å²) in [6, 6.07) is 9.56. The van der Waals surface area contributed by atoms with Crippen LogP contribution in [0.3, 0.4) is 0 Å². The van der Waals surface area contributed by atoms with Crippen molar-refractivity contribution in [2.24, 2.45) is 12.5 Å². The number of nitrogens with zero attached hydrogens (tertiary/aromatic N) is 7. The first-order valence-corrected chi connectivity index (χ1v) is 20.1. The first-order valence-electron chi connectivity index (χ1n) is 18.6. The zero-order chi connectivity index (χ0) is 38.8. The van der Waals surface area contributed by atoms with Crippen molar-refractivity contribution < 1.29 is 23.1 Å². The predicted octanol–water partition coefficient (Wildman–Crippen LogP) is 3.25. The highest BCUT2D eigenvalue weighted by atomic mass is 32.2. The van der Waals surface area contributed by atoms with Gasteiger partial charge in [0.1, 0.15) is 5.82 Å². The molecule has 1 atom stereocenters. The number of aliphatic hydroxyl groups excluding tert-OH is 1. The molecule has 8 rings (SSSR count). The second-order valence-corrected chi connectivity index (χ2v) is 17.5. The fraction of sp³-hybridized carbons (Fsp3) is 0.436. The third-order valence-electron chi connectivity index (χ3n) is 11.2. The van der Waals surface area contributed by atoms with E-state index in [0.29, 0.717) is 35.2 Å². The monoisotopic (exact) mass is 769 g/mol. The maximum atomic E-state index is 14.1. The SMILES string of the molecule is C=CC(=O)Nc1cc(Nc2nc(-c3ccnc(N4CCn5c(cc6c5CC(C)(C)C6)S4(=O)=O)c3CO)cn(C)c2=O)ccc1N1CCN(C2COC2)CC1C. The van der Waals surface area contributed by atoms with Crippen LogP contribution in [0.25, 0.3) is 11.3 Å². The molecule has 3 N–H and O–H groups in total. The zero-order valence-corrected chi connectivity index (χ0v) is 32.4. The van der Waals surface area contributed by atoms with Crippen LogP contribution in [0, 0.1) is 5.41 Å². The van der Waals surface area contributed by atoms with Gasteiger partial charge >= 0.3 is 0 Å². The normalized spacial score (nSPS) is 20.4. The maximum Gasteiger partial charge on any atom is 0.293 e. The van der Waals surface area contributed by atoms with Gasteiger partial charge in [-0.25, -0.2) is 14.3 Å². The molecular weight excluding hydrogens is 723 g/mol. The van der Waals surface area contributed by atoms with Gasteiger partial charge in [0.25, 0.3) is 15.6 Å². The number of rotatable bonds is 9. The number of pyridine rings is 1. The second kappa shape index (κ2) is 13.9. The summed E-state index contributed by atoms with van der Waals surface area (Å²) in [7, 11) is -2.40. The Kier molecular flexibility index (Phi) is 9.35. The maximum absolute atomic E-state index is 14.1. The quantitative estimate of drug-likeness (QED) is 0.214. The van der Waals surface area contributed by atoms with Crippen molar-refractivity contribution in [3.8, 4) is 11.3 Å². The first kappa shape index (κ1) is 36.9. The van der Waals surface area contributed by atoms with Crippen LogP contribution in [0.2, 0.25) is 0 Å². The average Bonchev–Trinajstić information content (AvgIpc) is 3.62. The number of carbonyl (C=O) groups is 1. The zero-order valence-electron chi connectivity index (χ0n) is 31.6. The van der Waals surface area contributed by atoms with Gasteiger partial charge in [0.2, 0.25) is 5.91 Å². The van der Waals surface area contributed by atoms with Gasteiger partial charge in [0, 0.05) is 74.2 Å². The van der Waals surface area contributed by atoms with Crippen molar-refractivity contribution in [1.29, 1.82) is 0 Å². The molecule has 16 heteroatoms. The van der Waals surface area contributed by atoms with E-state index >= 15 is 0 Å². The summed E-state index contributed by atoms with van der Waals surface area (Å²) in [5.74, 6) is -0.247. The summed E-state index contributed by atoms with van der Waals surface area (Å²) in [5.41, 5.74) is 4.74. The van der Waals surface area contributed by atoms with Gasteiger partial charge in [-0.2, -0.15) is 8.42 Å². The van der Waals surface area contributed by atoms with E-state index in [1.165, 1.54) is 21.1 Å². The minimum atomic E-state index is -3.99. The van der Waals surface area contributed by atoms with Crippen LogP contribution in [0.1, 0.15) is 37.6 Å². The van der Waals surface area contributed by atoms with Crippen LogP contribution in [0.4, 0.5) is 28.7 Å². The molecule has 55 heavy (non-hydrogen) atoms. The summed E-state index contributed by atoms with van der Waals surface area (Å²) < 4.78 is 38.2. The van der Waals surface area contributed by atoms with Gasteiger partial charge in [0.05, 0.1) is 49.5 Å². The molecule has 0 spiro atoms. The minimum absolute atomic E-state index is 0.00144. The standard InChI is InChI=1S/C39H47N9O6S/c1-6-34(50)42-30-16-26(7-8-32(30)46-12-11-45(19-24(46)2)27-22-54-23-27)41-36-38(51)44(5)20-31(43-36)28-9-10-40-37(29(28)21-49)48-14-13-47-33-18-39(3,4)17-25(33)15-35(47)55(48,52)53/h6-10,15-16,20,24,27,49H,1,11-14,17-19,21-23H2,2-5H3,(H,41,43)(H,42,50). The van der Waals surface area contributed by atoms with Crippen LogP contribution in [0.5, 0.6) is 0 Å². The summed E-state index contributed by atoms with van der Waals surface area (Å²) >= 11 is 0. The molecule has 1 aliphatic carbocycles. The molecule has 15 nitrogen and oxygen atoms in total. The number of piperazine rings is 1. The van der Waals surface area contributed by atoms with E-state index in [1.807, 2.05) is 16.7 Å². The summed E-state index contributed by atoms with van der Waals surface area (Å²) in [6.07, 6.45) is 5.87. The van der Waals surface area contributed by atoms with Crippen molar-refractivity contribution in [3.05, 3.63) is 82.6 Å². The molecule has 3 aliphatic heterocycles. The first-order chi connectivity index (χ1) is 26.3. The molecule has 0 bridgehead atoms. The second-order valence-electron chi connectivity index (χ2n) is 15.7. The molecule has 3 aromatic heterocycles. The molecule has 2 saturated heterocycles. The predicted molar refractivity (Wildman–Crippen MR) is 210 cm³/mol. The number of hydrogen-bond acceptors (Lipinski definition) is 11. The van der Waals surface area contributed by atoms with E-state index in [9.17, 15) is 23.1 Å². The van der Waals surface area contributed by atoms with E-state index in [0.717, 1.165) is 62.6 Å². The van der Waals surface area contributed by atoms with Gasteiger partial charge in [-0.05, 0) is 67.2 Å². The van der Waals surface area contributed by atoms with Crippen molar-refractivity contribution in [2.75, 3.05) is 59.2 Å². The minimum Gasteiger partial charge on any atom is -0.392 e. The van der Waals surface area contributed by atoms with Gasteiger partial charge in [-0.15, -0.1) is 0 Å². The fourth-order valence-corrected chi connectivity index (χ4v) is 10.1. The van der Waals surface area contributed by atoms with E-state index in [4.69, 9.17) is 9.72 Å². The Morgan fingerprint density at radius 2 is 1.93 bits per heavy atom. The summed E-state index contributed by atoms with van der Waals surface area (Å²) in [5, 5.41) is 17.1. The van der Waals surface area contributed by atoms with Crippen LogP contribution in [-0.4, -0.2) is 94.9 Å². The number of nitrogens with one attached hydrogen (secondary N) is 2. The Morgan fingerprint density at radius 1 is 1.13 bits per heavy atom.